The Morgan fingerprint density at radius 1 is 0.941 bits per heavy atom. The van der Waals surface area contributed by atoms with Gasteiger partial charge in [-0.05, 0) is 65.7 Å². The molecule has 2 N–H and O–H groups in total. The van der Waals surface area contributed by atoms with Crippen molar-refractivity contribution in [3.8, 4) is 17.0 Å². The second kappa shape index (κ2) is 11.0. The van der Waals surface area contributed by atoms with E-state index in [1.807, 2.05) is 31.2 Å². The van der Waals surface area contributed by atoms with Gasteiger partial charge in [-0.2, -0.15) is 0 Å². The summed E-state index contributed by atoms with van der Waals surface area (Å²) >= 11 is 0. The minimum Gasteiger partial charge on any atom is -0.497 e. The molecular weight excluding hydrogens is 436 g/mol. The Labute approximate surface area is 200 Å². The number of aryl methyl sites for hydroxylation is 1. The van der Waals surface area contributed by atoms with Crippen molar-refractivity contribution in [3.63, 3.8) is 0 Å². The maximum atomic E-state index is 12.4. The van der Waals surface area contributed by atoms with Crippen LogP contribution in [0.1, 0.15) is 54.0 Å². The standard InChI is InChI=1S/C25H34N4O5/c1-9-16-10-11-17(19-15-18(32-8)12-13-26-19)14-20(16)27-21(28-22(30)33-24(2,3)4)29-23(31)34-25(5,6)7/h10-15H,9H2,1-8H3,(H2,27,28,29,30,31). The number of carbonyl (C=O) groups is 2. The molecule has 0 saturated carbocycles. The summed E-state index contributed by atoms with van der Waals surface area (Å²) in [6, 6.07) is 9.26. The van der Waals surface area contributed by atoms with Gasteiger partial charge in [0.25, 0.3) is 0 Å². The van der Waals surface area contributed by atoms with E-state index in [1.54, 1.807) is 60.9 Å². The van der Waals surface area contributed by atoms with Gasteiger partial charge < -0.3 is 14.2 Å². The van der Waals surface area contributed by atoms with E-state index in [-0.39, 0.29) is 5.96 Å². The number of rotatable bonds is 4. The molecule has 0 aliphatic heterocycles. The lowest BCUT2D eigenvalue weighted by atomic mass is 10.0. The van der Waals surface area contributed by atoms with Crippen LogP contribution in [0.5, 0.6) is 5.75 Å². The van der Waals surface area contributed by atoms with E-state index < -0.39 is 23.4 Å². The van der Waals surface area contributed by atoms with E-state index in [1.165, 1.54) is 0 Å². The highest BCUT2D eigenvalue weighted by molar-refractivity contribution is 6.02. The van der Waals surface area contributed by atoms with Crippen LogP contribution < -0.4 is 15.4 Å². The predicted molar refractivity (Wildman–Crippen MR) is 131 cm³/mol. The maximum Gasteiger partial charge on any atom is 0.414 e. The van der Waals surface area contributed by atoms with Crippen molar-refractivity contribution in [2.75, 3.05) is 7.11 Å². The number of amides is 2. The van der Waals surface area contributed by atoms with Crippen molar-refractivity contribution >= 4 is 23.8 Å². The van der Waals surface area contributed by atoms with E-state index in [9.17, 15) is 9.59 Å². The van der Waals surface area contributed by atoms with Crippen molar-refractivity contribution in [3.05, 3.63) is 42.1 Å². The minimum absolute atomic E-state index is 0.117. The third kappa shape index (κ3) is 8.73. The number of aromatic nitrogens is 1. The molecule has 0 fully saturated rings. The van der Waals surface area contributed by atoms with Crippen LogP contribution in [0.15, 0.2) is 41.5 Å². The Kier molecular flexibility index (Phi) is 8.62. The zero-order valence-corrected chi connectivity index (χ0v) is 21.1. The van der Waals surface area contributed by atoms with Gasteiger partial charge in [-0.1, -0.05) is 19.1 Å². The number of nitrogens with one attached hydrogen (secondary N) is 2. The van der Waals surface area contributed by atoms with Gasteiger partial charge in [0.15, 0.2) is 0 Å². The average Bonchev–Trinajstić information content (AvgIpc) is 2.70. The molecule has 2 aromatic rings. The van der Waals surface area contributed by atoms with Crippen LogP contribution in [0, 0.1) is 0 Å². The largest absolute Gasteiger partial charge is 0.497 e. The van der Waals surface area contributed by atoms with Gasteiger partial charge in [0.05, 0.1) is 18.5 Å². The van der Waals surface area contributed by atoms with Crippen molar-refractivity contribution in [1.29, 1.82) is 0 Å². The molecule has 0 saturated heterocycles. The van der Waals surface area contributed by atoms with Gasteiger partial charge in [0.2, 0.25) is 5.96 Å². The first kappa shape index (κ1) is 26.6. The molecule has 1 aromatic carbocycles. The summed E-state index contributed by atoms with van der Waals surface area (Å²) in [6.45, 7) is 12.4. The first-order chi connectivity index (χ1) is 15.8. The molecule has 0 aliphatic rings. The lowest BCUT2D eigenvalue weighted by Gasteiger charge is -2.22. The highest BCUT2D eigenvalue weighted by atomic mass is 16.6. The number of ether oxygens (including phenoxy) is 3. The number of benzene rings is 1. The summed E-state index contributed by atoms with van der Waals surface area (Å²) in [7, 11) is 1.59. The van der Waals surface area contributed by atoms with Gasteiger partial charge in [0.1, 0.15) is 17.0 Å². The predicted octanol–water partition coefficient (Wildman–Crippen LogP) is 5.36. The summed E-state index contributed by atoms with van der Waals surface area (Å²) in [5.41, 5.74) is 1.48. The van der Waals surface area contributed by atoms with Crippen LogP contribution in [0.3, 0.4) is 0 Å². The number of pyridine rings is 1. The second-order valence-electron chi connectivity index (χ2n) is 9.49. The molecule has 34 heavy (non-hydrogen) atoms. The average molecular weight is 471 g/mol. The molecule has 2 rings (SSSR count). The summed E-state index contributed by atoms with van der Waals surface area (Å²) in [5, 5.41) is 5.02. The third-order valence-electron chi connectivity index (χ3n) is 4.20. The quantitative estimate of drug-likeness (QED) is 0.460. The molecule has 1 aromatic heterocycles. The molecule has 2 amide bonds. The number of guanidine groups is 1. The maximum absolute atomic E-state index is 12.4. The van der Waals surface area contributed by atoms with Crippen molar-refractivity contribution in [1.82, 2.24) is 15.6 Å². The third-order valence-corrected chi connectivity index (χ3v) is 4.20. The van der Waals surface area contributed by atoms with Crippen LogP contribution in [0.25, 0.3) is 11.3 Å². The van der Waals surface area contributed by atoms with Crippen LogP contribution in [0.2, 0.25) is 0 Å². The Bertz CT molecular complexity index is 1020. The molecule has 9 heteroatoms. The van der Waals surface area contributed by atoms with Crippen LogP contribution >= 0.6 is 0 Å². The zero-order chi connectivity index (χ0) is 25.5. The van der Waals surface area contributed by atoms with Gasteiger partial charge in [-0.15, -0.1) is 0 Å². The molecule has 0 bridgehead atoms. The fourth-order valence-electron chi connectivity index (χ4n) is 2.83. The van der Waals surface area contributed by atoms with Crippen molar-refractivity contribution in [2.45, 2.75) is 66.1 Å². The van der Waals surface area contributed by atoms with E-state index in [2.05, 4.69) is 20.6 Å². The highest BCUT2D eigenvalue weighted by Crippen LogP contribution is 2.28. The normalized spacial score (nSPS) is 11.3. The van der Waals surface area contributed by atoms with Gasteiger partial charge in [0, 0.05) is 17.8 Å². The number of aliphatic imine (C=N–C) groups is 1. The molecular formula is C25H34N4O5. The molecule has 1 heterocycles. The Morgan fingerprint density at radius 2 is 1.53 bits per heavy atom. The van der Waals surface area contributed by atoms with Crippen LogP contribution in [-0.4, -0.2) is 41.4 Å². The lowest BCUT2D eigenvalue weighted by Crippen LogP contribution is -2.47. The van der Waals surface area contributed by atoms with Crippen molar-refractivity contribution < 1.29 is 23.8 Å². The Balaban J connectivity index is 2.47. The van der Waals surface area contributed by atoms with Crippen LogP contribution in [0.4, 0.5) is 15.3 Å². The van der Waals surface area contributed by atoms with E-state index in [0.29, 0.717) is 23.6 Å². The molecule has 0 atom stereocenters. The topological polar surface area (TPSA) is 111 Å². The minimum atomic E-state index is -0.758. The van der Waals surface area contributed by atoms with E-state index in [4.69, 9.17) is 14.2 Å². The number of hydrogen-bond acceptors (Lipinski definition) is 7. The number of alkyl carbamates (subject to hydrolysis) is 2. The van der Waals surface area contributed by atoms with Gasteiger partial charge in [-0.3, -0.25) is 15.6 Å². The molecule has 0 unspecified atom stereocenters. The summed E-state index contributed by atoms with van der Waals surface area (Å²) < 4.78 is 15.9. The molecule has 0 radical (unpaired) electrons. The van der Waals surface area contributed by atoms with Gasteiger partial charge >= 0.3 is 12.2 Å². The molecule has 0 spiro atoms. The second-order valence-corrected chi connectivity index (χ2v) is 9.49. The first-order valence-electron chi connectivity index (χ1n) is 11.0. The number of hydrogen-bond donors (Lipinski definition) is 2. The van der Waals surface area contributed by atoms with Crippen LogP contribution in [-0.2, 0) is 15.9 Å². The Morgan fingerprint density at radius 3 is 2.03 bits per heavy atom. The first-order valence-corrected chi connectivity index (χ1v) is 11.0. The van der Waals surface area contributed by atoms with E-state index >= 15 is 0 Å². The highest BCUT2D eigenvalue weighted by Gasteiger charge is 2.21. The monoisotopic (exact) mass is 470 g/mol. The van der Waals surface area contributed by atoms with Gasteiger partial charge in [-0.25, -0.2) is 14.6 Å². The zero-order valence-electron chi connectivity index (χ0n) is 21.1. The summed E-state index contributed by atoms with van der Waals surface area (Å²) in [4.78, 5) is 33.8. The number of methoxy groups -OCH3 is 1. The fraction of sp³-hybridized carbons (Fsp3) is 0.440. The lowest BCUT2D eigenvalue weighted by molar-refractivity contribution is 0.0545. The Hall–Kier alpha value is -3.62. The van der Waals surface area contributed by atoms with E-state index in [0.717, 1.165) is 11.1 Å². The summed E-state index contributed by atoms with van der Waals surface area (Å²) in [6.07, 6.45) is 0.818. The SMILES string of the molecule is CCc1ccc(-c2cc(OC)ccn2)cc1N=C(NC(=O)OC(C)(C)C)NC(=O)OC(C)(C)C. The number of nitrogens with zero attached hydrogens (tertiary/aromatic N) is 2. The van der Waals surface area contributed by atoms with Crippen molar-refractivity contribution in [2.24, 2.45) is 4.99 Å². The summed E-state index contributed by atoms with van der Waals surface area (Å²) in [5.74, 6) is 0.558. The smallest absolute Gasteiger partial charge is 0.414 e. The number of carbonyl (C=O) groups excluding carboxylic acids is 2. The fourth-order valence-corrected chi connectivity index (χ4v) is 2.83. The molecule has 184 valence electrons. The molecule has 9 nitrogen and oxygen atoms in total. The molecule has 0 aliphatic carbocycles.